The molecule has 134 valence electrons. The first-order chi connectivity index (χ1) is 12.0. The molecule has 0 unspecified atom stereocenters. The van der Waals surface area contributed by atoms with Crippen molar-refractivity contribution in [2.45, 2.75) is 18.9 Å². The maximum atomic E-state index is 12.4. The molecule has 1 aromatic rings. The fourth-order valence-corrected chi connectivity index (χ4v) is 2.41. The first-order valence-corrected chi connectivity index (χ1v) is 7.61. The molecule has 1 aliphatic heterocycles. The fourth-order valence-electron chi connectivity index (χ4n) is 2.41. The SMILES string of the molecule is O=C(O)CCNC(=O)N[C@H]1CCN(c2ccc(C=NNO)cc2)C1=O. The topological polar surface area (TPSA) is 143 Å². The molecular weight excluding hydrogens is 330 g/mol. The average Bonchev–Trinajstić information content (AvgIpc) is 2.94. The summed E-state index contributed by atoms with van der Waals surface area (Å²) in [6.07, 6.45) is 1.70. The van der Waals surface area contributed by atoms with Crippen LogP contribution < -0.4 is 21.1 Å². The minimum absolute atomic E-state index is 0.00248. The maximum Gasteiger partial charge on any atom is 0.315 e. The fraction of sp³-hybridized carbons (Fsp3) is 0.333. The Morgan fingerprint density at radius 3 is 2.68 bits per heavy atom. The van der Waals surface area contributed by atoms with Crippen molar-refractivity contribution in [2.24, 2.45) is 5.10 Å². The standard InChI is InChI=1S/C15H19N5O5/c21-13(22)5-7-16-15(24)18-12-6-8-20(14(12)23)11-3-1-10(2-4-11)9-17-19-25/h1-4,9,12,19,25H,5-8H2,(H,21,22)(H2,16,18,24)/t12-/m0/s1. The van der Waals surface area contributed by atoms with Gasteiger partial charge in [0.25, 0.3) is 0 Å². The first-order valence-electron chi connectivity index (χ1n) is 7.61. The number of carboxylic acids is 1. The van der Waals surface area contributed by atoms with Gasteiger partial charge in [0.2, 0.25) is 5.91 Å². The maximum absolute atomic E-state index is 12.4. The van der Waals surface area contributed by atoms with Crippen LogP contribution in [-0.4, -0.2) is 53.6 Å². The van der Waals surface area contributed by atoms with Gasteiger partial charge in [-0.2, -0.15) is 10.7 Å². The molecule has 0 bridgehead atoms. The molecule has 0 spiro atoms. The second-order valence-electron chi connectivity index (χ2n) is 5.32. The van der Waals surface area contributed by atoms with Crippen molar-refractivity contribution in [1.82, 2.24) is 16.2 Å². The lowest BCUT2D eigenvalue weighted by Crippen LogP contribution is -2.46. The average molecular weight is 349 g/mol. The summed E-state index contributed by atoms with van der Waals surface area (Å²) in [5, 5.41) is 25.4. The third kappa shape index (κ3) is 5.18. The van der Waals surface area contributed by atoms with Crippen LogP contribution in [0.5, 0.6) is 0 Å². The molecule has 3 amide bonds. The Hall–Kier alpha value is -3.14. The van der Waals surface area contributed by atoms with Gasteiger partial charge < -0.3 is 20.6 Å². The summed E-state index contributed by atoms with van der Waals surface area (Å²) in [5.74, 6) is -1.24. The van der Waals surface area contributed by atoms with E-state index in [1.54, 1.807) is 34.8 Å². The minimum atomic E-state index is -1.01. The molecule has 10 heteroatoms. The molecule has 1 atom stereocenters. The summed E-state index contributed by atoms with van der Waals surface area (Å²) in [6, 6.07) is 5.75. The van der Waals surface area contributed by atoms with Crippen molar-refractivity contribution in [3.63, 3.8) is 0 Å². The molecule has 25 heavy (non-hydrogen) atoms. The highest BCUT2D eigenvalue weighted by Gasteiger charge is 2.33. The summed E-state index contributed by atoms with van der Waals surface area (Å²) in [7, 11) is 0. The Labute approximate surface area is 143 Å². The third-order valence-electron chi connectivity index (χ3n) is 3.61. The van der Waals surface area contributed by atoms with Crippen molar-refractivity contribution >= 4 is 29.8 Å². The molecular formula is C15H19N5O5. The summed E-state index contributed by atoms with van der Waals surface area (Å²) < 4.78 is 0. The first kappa shape index (κ1) is 18.2. The minimum Gasteiger partial charge on any atom is -0.481 e. The molecule has 0 aliphatic carbocycles. The number of aliphatic carboxylic acids is 1. The number of anilines is 1. The summed E-state index contributed by atoms with van der Waals surface area (Å²) >= 11 is 0. The van der Waals surface area contributed by atoms with Gasteiger partial charge in [0.1, 0.15) is 6.04 Å². The Morgan fingerprint density at radius 2 is 2.04 bits per heavy atom. The molecule has 10 nitrogen and oxygen atoms in total. The number of amides is 3. The number of rotatable bonds is 7. The van der Waals surface area contributed by atoms with E-state index in [-0.39, 0.29) is 18.9 Å². The second-order valence-corrected chi connectivity index (χ2v) is 5.32. The van der Waals surface area contributed by atoms with E-state index in [0.717, 1.165) is 5.56 Å². The Balaban J connectivity index is 1.89. The van der Waals surface area contributed by atoms with E-state index < -0.39 is 18.0 Å². The van der Waals surface area contributed by atoms with Crippen molar-refractivity contribution in [1.29, 1.82) is 0 Å². The van der Waals surface area contributed by atoms with Crippen LogP contribution in [0.2, 0.25) is 0 Å². The van der Waals surface area contributed by atoms with Crippen LogP contribution in [-0.2, 0) is 9.59 Å². The third-order valence-corrected chi connectivity index (χ3v) is 3.61. The van der Waals surface area contributed by atoms with Crippen molar-refractivity contribution in [3.05, 3.63) is 29.8 Å². The highest BCUT2D eigenvalue weighted by Crippen LogP contribution is 2.21. The monoisotopic (exact) mass is 349 g/mol. The van der Waals surface area contributed by atoms with E-state index in [1.807, 2.05) is 0 Å². The molecule has 1 heterocycles. The number of carbonyl (C=O) groups excluding carboxylic acids is 2. The number of urea groups is 1. The lowest BCUT2D eigenvalue weighted by Gasteiger charge is -2.17. The van der Waals surface area contributed by atoms with Gasteiger partial charge in [0, 0.05) is 18.8 Å². The molecule has 0 aromatic heterocycles. The number of hydrazone groups is 1. The van der Waals surface area contributed by atoms with Gasteiger partial charge in [0.15, 0.2) is 0 Å². The van der Waals surface area contributed by atoms with Gasteiger partial charge in [0.05, 0.1) is 12.6 Å². The number of hydrogen-bond acceptors (Lipinski definition) is 6. The van der Waals surface area contributed by atoms with Crippen LogP contribution in [0.25, 0.3) is 0 Å². The summed E-state index contributed by atoms with van der Waals surface area (Å²) in [6.45, 7) is 0.460. The molecule has 1 aromatic carbocycles. The number of nitrogens with zero attached hydrogens (tertiary/aromatic N) is 2. The van der Waals surface area contributed by atoms with E-state index in [1.165, 1.54) is 6.21 Å². The van der Waals surface area contributed by atoms with Crippen LogP contribution in [0.1, 0.15) is 18.4 Å². The Kier molecular flexibility index (Phi) is 6.29. The highest BCUT2D eigenvalue weighted by molar-refractivity contribution is 6.01. The molecule has 2 rings (SSSR count). The zero-order chi connectivity index (χ0) is 18.2. The van der Waals surface area contributed by atoms with Gasteiger partial charge in [-0.15, -0.1) is 0 Å². The van der Waals surface area contributed by atoms with E-state index in [4.69, 9.17) is 10.3 Å². The number of carbonyl (C=O) groups is 3. The number of hydrogen-bond donors (Lipinski definition) is 5. The predicted molar refractivity (Wildman–Crippen MR) is 88.5 cm³/mol. The Morgan fingerprint density at radius 1 is 1.32 bits per heavy atom. The highest BCUT2D eigenvalue weighted by atomic mass is 16.5. The largest absolute Gasteiger partial charge is 0.481 e. The summed E-state index contributed by atoms with van der Waals surface area (Å²) in [5.41, 5.74) is 3.09. The second kappa shape index (κ2) is 8.64. The molecule has 5 N–H and O–H groups in total. The van der Waals surface area contributed by atoms with Gasteiger partial charge in [-0.3, -0.25) is 14.8 Å². The van der Waals surface area contributed by atoms with E-state index in [2.05, 4.69) is 15.7 Å². The zero-order valence-electron chi connectivity index (χ0n) is 13.3. The normalized spacial score (nSPS) is 16.9. The van der Waals surface area contributed by atoms with Crippen molar-refractivity contribution in [3.8, 4) is 0 Å². The lowest BCUT2D eigenvalue weighted by molar-refractivity contribution is -0.136. The van der Waals surface area contributed by atoms with Crippen molar-refractivity contribution in [2.75, 3.05) is 18.0 Å². The van der Waals surface area contributed by atoms with Crippen LogP contribution in [0.3, 0.4) is 0 Å². The molecule has 0 saturated carbocycles. The molecule has 1 aliphatic rings. The van der Waals surface area contributed by atoms with Gasteiger partial charge in [-0.25, -0.2) is 4.79 Å². The van der Waals surface area contributed by atoms with Crippen LogP contribution in [0, 0.1) is 0 Å². The number of benzene rings is 1. The molecule has 1 fully saturated rings. The number of carboxylic acid groups (broad SMARTS) is 1. The van der Waals surface area contributed by atoms with Crippen LogP contribution in [0.4, 0.5) is 10.5 Å². The number of nitrogens with one attached hydrogen (secondary N) is 3. The van der Waals surface area contributed by atoms with Gasteiger partial charge in [-0.05, 0) is 24.1 Å². The Bertz CT molecular complexity index is 661. The summed E-state index contributed by atoms with van der Waals surface area (Å²) in [4.78, 5) is 36.1. The molecule has 1 saturated heterocycles. The van der Waals surface area contributed by atoms with Crippen LogP contribution >= 0.6 is 0 Å². The predicted octanol–water partition coefficient (Wildman–Crippen LogP) is -0.121. The zero-order valence-corrected chi connectivity index (χ0v) is 13.3. The molecule has 0 radical (unpaired) electrons. The van der Waals surface area contributed by atoms with E-state index in [9.17, 15) is 14.4 Å². The van der Waals surface area contributed by atoms with Gasteiger partial charge in [-0.1, -0.05) is 12.1 Å². The van der Waals surface area contributed by atoms with E-state index in [0.29, 0.717) is 18.7 Å². The van der Waals surface area contributed by atoms with E-state index >= 15 is 0 Å². The van der Waals surface area contributed by atoms with Crippen LogP contribution in [0.15, 0.2) is 29.4 Å². The quantitative estimate of drug-likeness (QED) is 0.343. The van der Waals surface area contributed by atoms with Gasteiger partial charge >= 0.3 is 12.0 Å². The lowest BCUT2D eigenvalue weighted by atomic mass is 10.2. The smallest absolute Gasteiger partial charge is 0.315 e. The van der Waals surface area contributed by atoms with Crippen molar-refractivity contribution < 1.29 is 24.7 Å².